The van der Waals surface area contributed by atoms with Crippen LogP contribution >= 0.6 is 11.3 Å². The highest BCUT2D eigenvalue weighted by Crippen LogP contribution is 2.16. The Bertz CT molecular complexity index is 685. The second kappa shape index (κ2) is 9.39. The molecule has 0 spiro atoms. The van der Waals surface area contributed by atoms with Crippen molar-refractivity contribution in [2.45, 2.75) is 33.0 Å². The molecular weight excluding hydrogens is 325 g/mol. The van der Waals surface area contributed by atoms with Crippen molar-refractivity contribution in [1.29, 1.82) is 0 Å². The van der Waals surface area contributed by atoms with Crippen LogP contribution < -0.4 is 10.6 Å². The van der Waals surface area contributed by atoms with Crippen LogP contribution in [0.25, 0.3) is 0 Å². The molecule has 130 valence electrons. The van der Waals surface area contributed by atoms with Gasteiger partial charge in [-0.1, -0.05) is 13.0 Å². The molecule has 0 unspecified atom stereocenters. The minimum Gasteiger partial charge on any atom is -0.380 e. The highest BCUT2D eigenvalue weighted by Gasteiger charge is 2.05. The summed E-state index contributed by atoms with van der Waals surface area (Å²) in [7, 11) is 3.30. The van der Waals surface area contributed by atoms with Crippen LogP contribution in [-0.2, 0) is 30.9 Å². The molecule has 24 heavy (non-hydrogen) atoms. The first-order chi connectivity index (χ1) is 11.7. The maximum atomic E-state index is 13.6. The molecule has 4 nitrogen and oxygen atoms in total. The second-order valence-electron chi connectivity index (χ2n) is 5.36. The van der Waals surface area contributed by atoms with E-state index in [-0.39, 0.29) is 12.4 Å². The van der Waals surface area contributed by atoms with E-state index in [2.05, 4.69) is 34.7 Å². The van der Waals surface area contributed by atoms with Crippen LogP contribution in [-0.4, -0.2) is 20.1 Å². The zero-order valence-electron chi connectivity index (χ0n) is 14.4. The molecule has 0 atom stereocenters. The van der Waals surface area contributed by atoms with E-state index in [1.807, 2.05) is 17.4 Å². The normalized spacial score (nSPS) is 11.6. The molecule has 0 saturated carbocycles. The van der Waals surface area contributed by atoms with Crippen LogP contribution in [0.5, 0.6) is 0 Å². The summed E-state index contributed by atoms with van der Waals surface area (Å²) in [4.78, 5) is 6.88. The average molecular weight is 349 g/mol. The van der Waals surface area contributed by atoms with E-state index >= 15 is 0 Å². The van der Waals surface area contributed by atoms with Gasteiger partial charge in [0.2, 0.25) is 0 Å². The third-order valence-electron chi connectivity index (χ3n) is 3.59. The monoisotopic (exact) mass is 349 g/mol. The molecule has 2 rings (SSSR count). The van der Waals surface area contributed by atoms with Gasteiger partial charge in [-0.3, -0.25) is 4.99 Å². The number of benzene rings is 1. The summed E-state index contributed by atoms with van der Waals surface area (Å²) < 4.78 is 18.6. The highest BCUT2D eigenvalue weighted by molar-refractivity contribution is 7.11. The van der Waals surface area contributed by atoms with Crippen molar-refractivity contribution < 1.29 is 9.13 Å². The van der Waals surface area contributed by atoms with E-state index in [9.17, 15) is 4.39 Å². The maximum Gasteiger partial charge on any atom is 0.191 e. The predicted molar refractivity (Wildman–Crippen MR) is 97.8 cm³/mol. The Morgan fingerprint density at radius 1 is 1.17 bits per heavy atom. The maximum absolute atomic E-state index is 13.6. The molecule has 0 bridgehead atoms. The third-order valence-corrected chi connectivity index (χ3v) is 4.82. The molecular formula is C18H24FN3OS. The fourth-order valence-electron chi connectivity index (χ4n) is 2.29. The quantitative estimate of drug-likeness (QED) is 0.594. The number of methoxy groups -OCH3 is 1. The fourth-order valence-corrected chi connectivity index (χ4v) is 3.19. The zero-order valence-corrected chi connectivity index (χ0v) is 15.2. The summed E-state index contributed by atoms with van der Waals surface area (Å²) in [5, 5.41) is 6.54. The first-order valence-electron chi connectivity index (χ1n) is 7.94. The number of rotatable bonds is 7. The number of nitrogens with zero attached hydrogens (tertiary/aromatic N) is 1. The van der Waals surface area contributed by atoms with Crippen LogP contribution in [0.3, 0.4) is 0 Å². The summed E-state index contributed by atoms with van der Waals surface area (Å²) >= 11 is 1.81. The van der Waals surface area contributed by atoms with Gasteiger partial charge in [-0.25, -0.2) is 4.39 Å². The summed E-state index contributed by atoms with van der Waals surface area (Å²) in [5.41, 5.74) is 1.54. The molecule has 0 aliphatic heterocycles. The Labute approximate surface area is 146 Å². The molecule has 1 aromatic heterocycles. The Hall–Kier alpha value is -1.92. The Kier molecular flexibility index (Phi) is 7.21. The van der Waals surface area contributed by atoms with Gasteiger partial charge in [0, 0.05) is 36.0 Å². The lowest BCUT2D eigenvalue weighted by atomic mass is 10.1. The molecule has 1 aromatic carbocycles. The number of hydrogen-bond donors (Lipinski definition) is 2. The second-order valence-corrected chi connectivity index (χ2v) is 6.61. The van der Waals surface area contributed by atoms with E-state index in [0.717, 1.165) is 24.5 Å². The van der Waals surface area contributed by atoms with Gasteiger partial charge in [-0.15, -0.1) is 11.3 Å². The van der Waals surface area contributed by atoms with Gasteiger partial charge < -0.3 is 15.4 Å². The molecule has 0 amide bonds. The summed E-state index contributed by atoms with van der Waals surface area (Å²) in [5.74, 6) is 0.478. The van der Waals surface area contributed by atoms with Crippen molar-refractivity contribution >= 4 is 17.3 Å². The van der Waals surface area contributed by atoms with E-state index in [1.165, 1.54) is 15.8 Å². The minimum absolute atomic E-state index is 0.243. The van der Waals surface area contributed by atoms with E-state index in [4.69, 9.17) is 4.74 Å². The third kappa shape index (κ3) is 5.32. The number of thiophene rings is 1. The van der Waals surface area contributed by atoms with Gasteiger partial charge >= 0.3 is 0 Å². The smallest absolute Gasteiger partial charge is 0.191 e. The number of halogens is 1. The van der Waals surface area contributed by atoms with Crippen molar-refractivity contribution in [3.63, 3.8) is 0 Å². The van der Waals surface area contributed by atoms with Crippen LogP contribution in [0.2, 0.25) is 0 Å². The van der Waals surface area contributed by atoms with Gasteiger partial charge in [0.05, 0.1) is 13.2 Å². The number of hydrogen-bond acceptors (Lipinski definition) is 3. The summed E-state index contributed by atoms with van der Waals surface area (Å²) in [6.45, 7) is 3.73. The standard InChI is InChI=1S/C18H24FN3OS/c1-4-15-6-7-16(24-15)11-22-18(20-2)21-10-13-5-8-17(19)14(9-13)12-23-3/h5-9H,4,10-12H2,1-3H3,(H2,20,21,22). The first-order valence-corrected chi connectivity index (χ1v) is 8.76. The molecule has 0 aliphatic carbocycles. The van der Waals surface area contributed by atoms with Crippen LogP contribution in [0.1, 0.15) is 27.8 Å². The van der Waals surface area contributed by atoms with Crippen molar-refractivity contribution in [3.8, 4) is 0 Å². The van der Waals surface area contributed by atoms with Crippen molar-refractivity contribution in [2.24, 2.45) is 4.99 Å². The Morgan fingerprint density at radius 3 is 2.58 bits per heavy atom. The number of guanidine groups is 1. The average Bonchev–Trinajstić information content (AvgIpc) is 3.06. The summed E-state index contributed by atoms with van der Waals surface area (Å²) in [6.07, 6.45) is 1.06. The van der Waals surface area contributed by atoms with Crippen molar-refractivity contribution in [1.82, 2.24) is 10.6 Å². The molecule has 1 heterocycles. The largest absolute Gasteiger partial charge is 0.380 e. The zero-order chi connectivity index (χ0) is 17.4. The number of nitrogens with one attached hydrogen (secondary N) is 2. The van der Waals surface area contributed by atoms with Crippen LogP contribution in [0.15, 0.2) is 35.3 Å². The van der Waals surface area contributed by atoms with Gasteiger partial charge in [-0.05, 0) is 36.2 Å². The molecule has 2 N–H and O–H groups in total. The van der Waals surface area contributed by atoms with E-state index in [1.54, 1.807) is 20.2 Å². The molecule has 0 aliphatic rings. The van der Waals surface area contributed by atoms with Crippen LogP contribution in [0, 0.1) is 5.82 Å². The fraction of sp³-hybridized carbons (Fsp3) is 0.389. The first kappa shape index (κ1) is 18.4. The van der Waals surface area contributed by atoms with Gasteiger partial charge in [0.25, 0.3) is 0 Å². The van der Waals surface area contributed by atoms with E-state index < -0.39 is 0 Å². The van der Waals surface area contributed by atoms with Gasteiger partial charge in [0.15, 0.2) is 5.96 Å². The SMILES string of the molecule is CCc1ccc(CNC(=NC)NCc2ccc(F)c(COC)c2)s1. The minimum atomic E-state index is -0.243. The lowest BCUT2D eigenvalue weighted by Crippen LogP contribution is -2.36. The Balaban J connectivity index is 1.88. The number of aliphatic imine (C=N–C) groups is 1. The molecule has 0 radical (unpaired) electrons. The van der Waals surface area contributed by atoms with Gasteiger partial charge in [0.1, 0.15) is 5.82 Å². The van der Waals surface area contributed by atoms with Crippen molar-refractivity contribution in [3.05, 3.63) is 57.0 Å². The highest BCUT2D eigenvalue weighted by atomic mass is 32.1. The lowest BCUT2D eigenvalue weighted by Gasteiger charge is -2.12. The van der Waals surface area contributed by atoms with E-state index in [0.29, 0.717) is 12.1 Å². The molecule has 0 fully saturated rings. The van der Waals surface area contributed by atoms with Gasteiger partial charge in [-0.2, -0.15) is 0 Å². The molecule has 0 saturated heterocycles. The van der Waals surface area contributed by atoms with Crippen molar-refractivity contribution in [2.75, 3.05) is 14.2 Å². The summed E-state index contributed by atoms with van der Waals surface area (Å²) in [6, 6.07) is 9.35. The Morgan fingerprint density at radius 2 is 1.92 bits per heavy atom. The molecule has 6 heteroatoms. The topological polar surface area (TPSA) is 45.7 Å². The molecule has 2 aromatic rings. The number of aryl methyl sites for hydroxylation is 1. The number of ether oxygens (including phenoxy) is 1. The lowest BCUT2D eigenvalue weighted by molar-refractivity contribution is 0.181. The predicted octanol–water partition coefficient (Wildman–Crippen LogP) is 3.46. The van der Waals surface area contributed by atoms with Crippen LogP contribution in [0.4, 0.5) is 4.39 Å².